The lowest BCUT2D eigenvalue weighted by Crippen LogP contribution is -2.33. The number of hydrogen-bond donors (Lipinski definition) is 1. The van der Waals surface area contributed by atoms with Gasteiger partial charge in [-0.15, -0.1) is 0 Å². The maximum atomic E-state index is 12.3. The number of esters is 1. The fourth-order valence-electron chi connectivity index (χ4n) is 1.96. The molecule has 1 N–H and O–H groups in total. The summed E-state index contributed by atoms with van der Waals surface area (Å²) in [5.74, 6) is -0.882. The van der Waals surface area contributed by atoms with E-state index in [2.05, 4.69) is 10.3 Å². The summed E-state index contributed by atoms with van der Waals surface area (Å²) in [7, 11) is 0. The summed E-state index contributed by atoms with van der Waals surface area (Å²) >= 11 is 11.7. The second kappa shape index (κ2) is 7.64. The first-order valence-corrected chi connectivity index (χ1v) is 7.90. The molecular weight excluding hydrogens is 351 g/mol. The number of carbonyl (C=O) groups excluding carboxylic acids is 2. The molecule has 1 amide bonds. The van der Waals surface area contributed by atoms with Gasteiger partial charge < -0.3 is 10.1 Å². The molecule has 7 heteroatoms. The molecule has 0 unspecified atom stereocenters. The highest BCUT2D eigenvalue weighted by atomic mass is 35.5. The molecule has 2 rings (SSSR count). The average molecular weight is 367 g/mol. The molecule has 2 aromatic rings. The number of carbonyl (C=O) groups is 2. The summed E-state index contributed by atoms with van der Waals surface area (Å²) < 4.78 is 5.11. The number of amides is 1. The van der Waals surface area contributed by atoms with Gasteiger partial charge in [0.05, 0.1) is 15.5 Å². The van der Waals surface area contributed by atoms with Crippen molar-refractivity contribution >= 4 is 40.9 Å². The first-order chi connectivity index (χ1) is 11.3. The minimum atomic E-state index is -0.863. The number of rotatable bonds is 5. The fourth-order valence-corrected chi connectivity index (χ4v) is 2.39. The van der Waals surface area contributed by atoms with Crippen LogP contribution in [0.25, 0.3) is 0 Å². The van der Waals surface area contributed by atoms with Gasteiger partial charge in [-0.3, -0.25) is 9.59 Å². The zero-order valence-electron chi connectivity index (χ0n) is 13.2. The number of nitrogens with one attached hydrogen (secondary N) is 1. The Labute approximate surface area is 149 Å². The number of benzene rings is 1. The van der Waals surface area contributed by atoms with Crippen LogP contribution >= 0.6 is 23.2 Å². The lowest BCUT2D eigenvalue weighted by atomic mass is 9.85. The Morgan fingerprint density at radius 3 is 2.50 bits per heavy atom. The van der Waals surface area contributed by atoms with Crippen molar-refractivity contribution in [1.82, 2.24) is 4.98 Å². The van der Waals surface area contributed by atoms with Gasteiger partial charge in [0.25, 0.3) is 5.91 Å². The first kappa shape index (κ1) is 18.2. The molecule has 24 heavy (non-hydrogen) atoms. The Morgan fingerprint density at radius 2 is 1.88 bits per heavy atom. The molecular formula is C17H16Cl2N2O3. The molecule has 0 radical (unpaired) electrons. The average Bonchev–Trinajstić information content (AvgIpc) is 2.56. The van der Waals surface area contributed by atoms with E-state index in [9.17, 15) is 9.59 Å². The summed E-state index contributed by atoms with van der Waals surface area (Å²) in [6.45, 7) is 3.04. The molecule has 0 aliphatic rings. The number of hydrogen-bond acceptors (Lipinski definition) is 4. The van der Waals surface area contributed by atoms with Crippen LogP contribution in [0.15, 0.2) is 42.6 Å². The number of pyridine rings is 1. The van der Waals surface area contributed by atoms with Gasteiger partial charge in [-0.1, -0.05) is 53.5 Å². The summed E-state index contributed by atoms with van der Waals surface area (Å²) in [5, 5.41) is 3.02. The monoisotopic (exact) mass is 366 g/mol. The van der Waals surface area contributed by atoms with Crippen molar-refractivity contribution in [3.05, 3.63) is 58.2 Å². The van der Waals surface area contributed by atoms with Gasteiger partial charge in [-0.2, -0.15) is 0 Å². The standard InChI is InChI=1S/C17H16Cl2N2O3/c1-17(2,11-6-4-3-5-7-11)16(23)24-10-14(22)21-15-13(19)8-12(18)9-20-15/h3-9H,10H2,1-2H3,(H,20,21,22). The van der Waals surface area contributed by atoms with Crippen LogP contribution in [0.2, 0.25) is 10.0 Å². The van der Waals surface area contributed by atoms with Crippen LogP contribution in [0.5, 0.6) is 0 Å². The molecule has 0 saturated carbocycles. The van der Waals surface area contributed by atoms with Crippen LogP contribution in [0.1, 0.15) is 19.4 Å². The molecule has 1 aromatic heterocycles. The van der Waals surface area contributed by atoms with Crippen molar-refractivity contribution in [2.75, 3.05) is 11.9 Å². The van der Waals surface area contributed by atoms with Gasteiger partial charge in [-0.05, 0) is 25.5 Å². The Hall–Kier alpha value is -2.11. The minimum absolute atomic E-state index is 0.157. The highest BCUT2D eigenvalue weighted by molar-refractivity contribution is 6.36. The van der Waals surface area contributed by atoms with Gasteiger partial charge in [0, 0.05) is 6.20 Å². The van der Waals surface area contributed by atoms with Crippen molar-refractivity contribution in [3.63, 3.8) is 0 Å². The van der Waals surface area contributed by atoms with E-state index in [0.29, 0.717) is 5.02 Å². The van der Waals surface area contributed by atoms with Crippen molar-refractivity contribution in [2.24, 2.45) is 0 Å². The van der Waals surface area contributed by atoms with E-state index in [1.54, 1.807) is 13.8 Å². The molecule has 126 valence electrons. The Bertz CT molecular complexity index is 749. The Balaban J connectivity index is 1.95. The maximum Gasteiger partial charge on any atom is 0.316 e. The van der Waals surface area contributed by atoms with Gasteiger partial charge in [0.1, 0.15) is 0 Å². The molecule has 1 heterocycles. The third kappa shape index (κ3) is 4.46. The van der Waals surface area contributed by atoms with Crippen LogP contribution in [0.4, 0.5) is 5.82 Å². The second-order valence-corrected chi connectivity index (χ2v) is 6.44. The van der Waals surface area contributed by atoms with Gasteiger partial charge >= 0.3 is 5.97 Å². The maximum absolute atomic E-state index is 12.3. The highest BCUT2D eigenvalue weighted by Crippen LogP contribution is 2.25. The van der Waals surface area contributed by atoms with Crippen molar-refractivity contribution in [3.8, 4) is 0 Å². The summed E-state index contributed by atoms with van der Waals surface area (Å²) in [6, 6.07) is 10.7. The molecule has 0 saturated heterocycles. The van der Waals surface area contributed by atoms with Gasteiger partial charge in [0.2, 0.25) is 0 Å². The largest absolute Gasteiger partial charge is 0.455 e. The smallest absolute Gasteiger partial charge is 0.316 e. The number of halogens is 2. The van der Waals surface area contributed by atoms with E-state index in [-0.39, 0.29) is 10.8 Å². The molecule has 0 fully saturated rings. The minimum Gasteiger partial charge on any atom is -0.455 e. The van der Waals surface area contributed by atoms with Crippen LogP contribution in [0, 0.1) is 0 Å². The number of aromatic nitrogens is 1. The third-order valence-corrected chi connectivity index (χ3v) is 3.90. The zero-order chi connectivity index (χ0) is 17.7. The first-order valence-electron chi connectivity index (χ1n) is 7.14. The lowest BCUT2D eigenvalue weighted by molar-refractivity contribution is -0.152. The summed E-state index contributed by atoms with van der Waals surface area (Å²) in [6.07, 6.45) is 1.35. The topological polar surface area (TPSA) is 68.3 Å². The number of nitrogens with zero attached hydrogens (tertiary/aromatic N) is 1. The highest BCUT2D eigenvalue weighted by Gasteiger charge is 2.31. The van der Waals surface area contributed by atoms with Crippen LogP contribution in [-0.2, 0) is 19.7 Å². The van der Waals surface area contributed by atoms with E-state index < -0.39 is 23.9 Å². The molecule has 0 spiro atoms. The number of ether oxygens (including phenoxy) is 1. The van der Waals surface area contributed by atoms with E-state index in [0.717, 1.165) is 5.56 Å². The Kier molecular flexibility index (Phi) is 5.80. The van der Waals surface area contributed by atoms with Crippen molar-refractivity contribution in [2.45, 2.75) is 19.3 Å². The third-order valence-electron chi connectivity index (χ3n) is 3.41. The normalized spacial score (nSPS) is 11.0. The predicted molar refractivity (Wildman–Crippen MR) is 93.3 cm³/mol. The van der Waals surface area contributed by atoms with Gasteiger partial charge in [-0.25, -0.2) is 4.98 Å². The molecule has 1 aromatic carbocycles. The van der Waals surface area contributed by atoms with E-state index >= 15 is 0 Å². The van der Waals surface area contributed by atoms with Crippen LogP contribution in [-0.4, -0.2) is 23.5 Å². The van der Waals surface area contributed by atoms with Crippen molar-refractivity contribution in [1.29, 1.82) is 0 Å². The second-order valence-electron chi connectivity index (χ2n) is 5.60. The molecule has 0 aliphatic heterocycles. The fraction of sp³-hybridized carbons (Fsp3) is 0.235. The van der Waals surface area contributed by atoms with E-state index in [1.807, 2.05) is 30.3 Å². The van der Waals surface area contributed by atoms with Crippen molar-refractivity contribution < 1.29 is 14.3 Å². The molecule has 5 nitrogen and oxygen atoms in total. The summed E-state index contributed by atoms with van der Waals surface area (Å²) in [4.78, 5) is 28.1. The molecule has 0 aliphatic carbocycles. The zero-order valence-corrected chi connectivity index (χ0v) is 14.7. The van der Waals surface area contributed by atoms with Crippen LogP contribution in [0.3, 0.4) is 0 Å². The lowest BCUT2D eigenvalue weighted by Gasteiger charge is -2.22. The Morgan fingerprint density at radius 1 is 1.21 bits per heavy atom. The summed E-state index contributed by atoms with van der Waals surface area (Å²) in [5.41, 5.74) is -0.0598. The van der Waals surface area contributed by atoms with Crippen LogP contribution < -0.4 is 5.32 Å². The quantitative estimate of drug-likeness (QED) is 0.816. The predicted octanol–water partition coefficient (Wildman–Crippen LogP) is 3.85. The number of anilines is 1. The van der Waals surface area contributed by atoms with Gasteiger partial charge in [0.15, 0.2) is 12.4 Å². The molecule has 0 atom stereocenters. The van der Waals surface area contributed by atoms with E-state index in [4.69, 9.17) is 27.9 Å². The SMILES string of the molecule is CC(C)(C(=O)OCC(=O)Nc1ncc(Cl)cc1Cl)c1ccccc1. The van der Waals surface area contributed by atoms with E-state index in [1.165, 1.54) is 12.3 Å². The molecule has 0 bridgehead atoms.